The molecule has 0 bridgehead atoms. The van der Waals surface area contributed by atoms with Gasteiger partial charge in [-0.25, -0.2) is 0 Å². The smallest absolute Gasteiger partial charge is 0.306 e. The number of carbonyl (C=O) groups excluding carboxylic acids is 3. The van der Waals surface area contributed by atoms with E-state index in [-0.39, 0.29) is 43.7 Å². The summed E-state index contributed by atoms with van der Waals surface area (Å²) >= 11 is 0. The van der Waals surface area contributed by atoms with Gasteiger partial charge in [-0.3, -0.25) is 14.4 Å². The molecule has 0 spiro atoms. The number of hydrogen-bond donors (Lipinski definition) is 0. The predicted octanol–water partition coefficient (Wildman–Crippen LogP) is 3.94. The number of hydrogen-bond acceptors (Lipinski definition) is 5. The number of furan rings is 1. The van der Waals surface area contributed by atoms with Gasteiger partial charge in [-0.1, -0.05) is 44.2 Å². The standard InChI is InChI=1S/C25H34N2O5/c1-5-31-25(30)14-13-23(28)26(15-19(2)3)18-24(29)27(16-21-9-7-6-8-10-21)17-22-12-11-20(4)32-22/h6-12,19H,5,13-18H2,1-4H3. The van der Waals surface area contributed by atoms with E-state index in [2.05, 4.69) is 0 Å². The maximum atomic E-state index is 13.3. The fourth-order valence-corrected chi connectivity index (χ4v) is 3.35. The Morgan fingerprint density at radius 1 is 0.938 bits per heavy atom. The minimum Gasteiger partial charge on any atom is -0.466 e. The number of ether oxygens (including phenoxy) is 1. The van der Waals surface area contributed by atoms with E-state index in [1.165, 1.54) is 4.90 Å². The van der Waals surface area contributed by atoms with E-state index in [1.54, 1.807) is 11.8 Å². The van der Waals surface area contributed by atoms with Crippen LogP contribution >= 0.6 is 0 Å². The second kappa shape index (κ2) is 12.7. The maximum Gasteiger partial charge on any atom is 0.306 e. The van der Waals surface area contributed by atoms with Gasteiger partial charge in [-0.2, -0.15) is 0 Å². The summed E-state index contributed by atoms with van der Waals surface area (Å²) in [6, 6.07) is 13.4. The lowest BCUT2D eigenvalue weighted by Crippen LogP contribution is -2.44. The lowest BCUT2D eigenvalue weighted by atomic mass is 10.1. The molecule has 2 rings (SSSR count). The van der Waals surface area contributed by atoms with Crippen LogP contribution in [0.1, 0.15) is 50.7 Å². The zero-order valence-electron chi connectivity index (χ0n) is 19.5. The number of carbonyl (C=O) groups is 3. The molecule has 1 aromatic carbocycles. The summed E-state index contributed by atoms with van der Waals surface area (Å²) in [5.41, 5.74) is 0.994. The number of amides is 2. The van der Waals surface area contributed by atoms with Crippen molar-refractivity contribution in [2.24, 2.45) is 5.92 Å². The topological polar surface area (TPSA) is 80.1 Å². The second-order valence-corrected chi connectivity index (χ2v) is 8.22. The van der Waals surface area contributed by atoms with Gasteiger partial charge in [0.2, 0.25) is 11.8 Å². The first-order valence-electron chi connectivity index (χ1n) is 11.1. The summed E-state index contributed by atoms with van der Waals surface area (Å²) in [6.07, 6.45) is 0.0315. The SMILES string of the molecule is CCOC(=O)CCC(=O)N(CC(=O)N(Cc1ccccc1)Cc1ccc(C)o1)CC(C)C. The van der Waals surface area contributed by atoms with E-state index < -0.39 is 5.97 Å². The normalized spacial score (nSPS) is 10.8. The Balaban J connectivity index is 2.12. The first kappa shape index (κ1) is 25.2. The van der Waals surface area contributed by atoms with Crippen molar-refractivity contribution in [3.8, 4) is 0 Å². The van der Waals surface area contributed by atoms with Crippen LogP contribution in [-0.2, 0) is 32.2 Å². The zero-order chi connectivity index (χ0) is 23.5. The summed E-state index contributed by atoms with van der Waals surface area (Å²) in [6.45, 7) is 8.96. The zero-order valence-corrected chi connectivity index (χ0v) is 19.5. The molecule has 0 aliphatic carbocycles. The van der Waals surface area contributed by atoms with Crippen molar-refractivity contribution in [3.63, 3.8) is 0 Å². The Hall–Kier alpha value is -3.09. The monoisotopic (exact) mass is 442 g/mol. The van der Waals surface area contributed by atoms with E-state index in [0.717, 1.165) is 11.3 Å². The Morgan fingerprint density at radius 3 is 2.25 bits per heavy atom. The molecule has 1 aromatic heterocycles. The van der Waals surface area contributed by atoms with Crippen LogP contribution in [0.5, 0.6) is 0 Å². The molecule has 7 nitrogen and oxygen atoms in total. The molecule has 0 aliphatic rings. The van der Waals surface area contributed by atoms with E-state index in [9.17, 15) is 14.4 Å². The average Bonchev–Trinajstić information content (AvgIpc) is 3.16. The maximum absolute atomic E-state index is 13.3. The largest absolute Gasteiger partial charge is 0.466 e. The minimum atomic E-state index is -0.407. The van der Waals surface area contributed by atoms with Crippen LogP contribution in [0.15, 0.2) is 46.9 Å². The number of nitrogens with zero attached hydrogens (tertiary/aromatic N) is 2. The first-order valence-corrected chi connectivity index (χ1v) is 11.1. The number of benzene rings is 1. The summed E-state index contributed by atoms with van der Waals surface area (Å²) in [5, 5.41) is 0. The van der Waals surface area contributed by atoms with Gasteiger partial charge in [0.15, 0.2) is 0 Å². The quantitative estimate of drug-likeness (QED) is 0.465. The molecule has 2 aromatic rings. The molecule has 1 heterocycles. The third-order valence-corrected chi connectivity index (χ3v) is 4.82. The van der Waals surface area contributed by atoms with Crippen molar-refractivity contribution >= 4 is 17.8 Å². The highest BCUT2D eigenvalue weighted by Gasteiger charge is 2.23. The molecular formula is C25H34N2O5. The molecule has 0 N–H and O–H groups in total. The molecule has 32 heavy (non-hydrogen) atoms. The summed E-state index contributed by atoms with van der Waals surface area (Å²) < 4.78 is 10.6. The highest BCUT2D eigenvalue weighted by atomic mass is 16.5. The Kier molecular flexibility index (Phi) is 9.98. The molecule has 174 valence electrons. The van der Waals surface area contributed by atoms with Gasteiger partial charge in [-0.15, -0.1) is 0 Å². The lowest BCUT2D eigenvalue weighted by Gasteiger charge is -2.28. The van der Waals surface area contributed by atoms with Gasteiger partial charge in [0.1, 0.15) is 11.5 Å². The van der Waals surface area contributed by atoms with Crippen LogP contribution in [0.4, 0.5) is 0 Å². The first-order chi connectivity index (χ1) is 15.3. The van der Waals surface area contributed by atoms with Crippen LogP contribution < -0.4 is 0 Å². The van der Waals surface area contributed by atoms with Crippen LogP contribution in [-0.4, -0.2) is 47.3 Å². The van der Waals surface area contributed by atoms with Crippen molar-refractivity contribution in [2.75, 3.05) is 19.7 Å². The molecule has 0 unspecified atom stereocenters. The minimum absolute atomic E-state index is 0.00879. The fraction of sp³-hybridized carbons (Fsp3) is 0.480. The van der Waals surface area contributed by atoms with Gasteiger partial charge < -0.3 is 19.0 Å². The molecule has 0 saturated carbocycles. The van der Waals surface area contributed by atoms with Crippen molar-refractivity contribution < 1.29 is 23.5 Å². The Labute approximate surface area is 190 Å². The number of esters is 1. The summed E-state index contributed by atoms with van der Waals surface area (Å²) in [4.78, 5) is 41.0. The Morgan fingerprint density at radius 2 is 1.66 bits per heavy atom. The third-order valence-electron chi connectivity index (χ3n) is 4.82. The van der Waals surface area contributed by atoms with E-state index in [4.69, 9.17) is 9.15 Å². The molecule has 0 aliphatic heterocycles. The molecule has 0 saturated heterocycles. The van der Waals surface area contributed by atoms with Crippen molar-refractivity contribution in [3.05, 3.63) is 59.5 Å². The van der Waals surface area contributed by atoms with Crippen LogP contribution in [0.2, 0.25) is 0 Å². The fourth-order valence-electron chi connectivity index (χ4n) is 3.35. The number of aryl methyl sites for hydroxylation is 1. The van der Waals surface area contributed by atoms with Gasteiger partial charge in [-0.05, 0) is 37.5 Å². The van der Waals surface area contributed by atoms with Crippen LogP contribution in [0.3, 0.4) is 0 Å². The van der Waals surface area contributed by atoms with Crippen molar-refractivity contribution in [1.29, 1.82) is 0 Å². The predicted molar refractivity (Wildman–Crippen MR) is 121 cm³/mol. The highest BCUT2D eigenvalue weighted by Crippen LogP contribution is 2.14. The Bertz CT molecular complexity index is 875. The van der Waals surface area contributed by atoms with Gasteiger partial charge in [0.25, 0.3) is 0 Å². The molecule has 7 heteroatoms. The summed E-state index contributed by atoms with van der Waals surface area (Å²) in [7, 11) is 0. The molecule has 0 radical (unpaired) electrons. The van der Waals surface area contributed by atoms with Crippen molar-refractivity contribution in [1.82, 2.24) is 9.80 Å². The lowest BCUT2D eigenvalue weighted by molar-refractivity contribution is -0.146. The summed E-state index contributed by atoms with van der Waals surface area (Å²) in [5.74, 6) is 0.848. The third kappa shape index (κ3) is 8.57. The second-order valence-electron chi connectivity index (χ2n) is 8.22. The van der Waals surface area contributed by atoms with Crippen LogP contribution in [0.25, 0.3) is 0 Å². The van der Waals surface area contributed by atoms with Gasteiger partial charge in [0.05, 0.1) is 26.1 Å². The molecular weight excluding hydrogens is 408 g/mol. The van der Waals surface area contributed by atoms with E-state index >= 15 is 0 Å². The van der Waals surface area contributed by atoms with Gasteiger partial charge in [0, 0.05) is 19.5 Å². The van der Waals surface area contributed by atoms with Crippen molar-refractivity contribution in [2.45, 2.75) is 53.6 Å². The molecule has 2 amide bonds. The van der Waals surface area contributed by atoms with E-state index in [0.29, 0.717) is 25.4 Å². The molecule has 0 fully saturated rings. The number of rotatable bonds is 12. The highest BCUT2D eigenvalue weighted by molar-refractivity contribution is 5.86. The van der Waals surface area contributed by atoms with Crippen LogP contribution in [0, 0.1) is 12.8 Å². The molecule has 0 atom stereocenters. The average molecular weight is 443 g/mol. The van der Waals surface area contributed by atoms with Gasteiger partial charge >= 0.3 is 5.97 Å². The van der Waals surface area contributed by atoms with E-state index in [1.807, 2.05) is 63.2 Å².